The van der Waals surface area contributed by atoms with Crippen molar-refractivity contribution >= 4 is 0 Å². The van der Waals surface area contributed by atoms with Crippen LogP contribution < -0.4 is 5.73 Å². The van der Waals surface area contributed by atoms with E-state index >= 15 is 0 Å². The molecule has 0 aliphatic heterocycles. The molecule has 5 nitrogen and oxygen atoms in total. The zero-order valence-electron chi connectivity index (χ0n) is 10.8. The van der Waals surface area contributed by atoms with Crippen LogP contribution in [0.1, 0.15) is 45.3 Å². The fraction of sp³-hybridized carbons (Fsp3) is 0.833. The maximum atomic E-state index is 6.14. The van der Waals surface area contributed by atoms with Crippen molar-refractivity contribution in [1.29, 1.82) is 0 Å². The summed E-state index contributed by atoms with van der Waals surface area (Å²) in [6.07, 6.45) is 3.58. The van der Waals surface area contributed by atoms with E-state index in [9.17, 15) is 0 Å². The highest BCUT2D eigenvalue weighted by atomic mass is 16.5. The van der Waals surface area contributed by atoms with Crippen molar-refractivity contribution in [2.24, 2.45) is 11.7 Å². The lowest BCUT2D eigenvalue weighted by atomic mass is 10.1. The van der Waals surface area contributed by atoms with Gasteiger partial charge >= 0.3 is 0 Å². The van der Waals surface area contributed by atoms with Crippen LogP contribution in [0, 0.1) is 5.92 Å². The van der Waals surface area contributed by atoms with Crippen LogP contribution in [0.5, 0.6) is 0 Å². The van der Waals surface area contributed by atoms with E-state index in [4.69, 9.17) is 15.0 Å². The molecule has 1 aromatic heterocycles. The number of aromatic nitrogens is 2. The predicted molar refractivity (Wildman–Crippen MR) is 63.4 cm³/mol. The van der Waals surface area contributed by atoms with Crippen LogP contribution in [0.15, 0.2) is 4.52 Å². The lowest BCUT2D eigenvalue weighted by Gasteiger charge is -2.21. The third-order valence-electron chi connectivity index (χ3n) is 2.86. The van der Waals surface area contributed by atoms with Gasteiger partial charge in [-0.1, -0.05) is 5.16 Å². The minimum Gasteiger partial charge on any atom is -0.376 e. The zero-order chi connectivity index (χ0) is 12.5. The number of hydrogen-bond donors (Lipinski definition) is 1. The van der Waals surface area contributed by atoms with Crippen molar-refractivity contribution < 1.29 is 9.26 Å². The molecule has 1 atom stereocenters. The number of ether oxygens (including phenoxy) is 1. The number of nitrogens with two attached hydrogens (primary N) is 1. The molecule has 5 heteroatoms. The third kappa shape index (κ3) is 3.51. The van der Waals surface area contributed by atoms with E-state index in [0.29, 0.717) is 18.3 Å². The smallest absolute Gasteiger partial charge is 0.226 e. The first-order chi connectivity index (χ1) is 7.97. The highest BCUT2D eigenvalue weighted by Crippen LogP contribution is 2.32. The number of hydrogen-bond acceptors (Lipinski definition) is 5. The van der Waals surface area contributed by atoms with Crippen LogP contribution in [-0.4, -0.2) is 22.9 Å². The average molecular weight is 239 g/mol. The van der Waals surface area contributed by atoms with Crippen LogP contribution in [0.3, 0.4) is 0 Å². The van der Waals surface area contributed by atoms with Crippen molar-refractivity contribution in [3.05, 3.63) is 11.7 Å². The molecule has 1 aliphatic rings. The van der Waals surface area contributed by atoms with E-state index in [1.165, 1.54) is 12.8 Å². The van der Waals surface area contributed by atoms with E-state index in [-0.39, 0.29) is 6.10 Å². The lowest BCUT2D eigenvalue weighted by molar-refractivity contribution is 0.0410. The summed E-state index contributed by atoms with van der Waals surface area (Å²) in [5.41, 5.74) is 5.45. The van der Waals surface area contributed by atoms with Crippen LogP contribution >= 0.6 is 0 Å². The van der Waals surface area contributed by atoms with Crippen molar-refractivity contribution in [2.75, 3.05) is 6.61 Å². The first kappa shape index (κ1) is 12.5. The summed E-state index contributed by atoms with van der Waals surface area (Å²) >= 11 is 0. The van der Waals surface area contributed by atoms with Crippen molar-refractivity contribution in [3.63, 3.8) is 0 Å². The minimum absolute atomic E-state index is 0.149. The van der Waals surface area contributed by atoms with Gasteiger partial charge in [0.2, 0.25) is 5.89 Å². The molecule has 0 amide bonds. The molecule has 0 saturated heterocycles. The van der Waals surface area contributed by atoms with Crippen molar-refractivity contribution in [3.8, 4) is 0 Å². The molecule has 0 radical (unpaired) electrons. The molecule has 0 aromatic carbocycles. The maximum absolute atomic E-state index is 6.14. The fourth-order valence-corrected chi connectivity index (χ4v) is 1.54. The summed E-state index contributed by atoms with van der Waals surface area (Å²) in [4.78, 5) is 4.36. The summed E-state index contributed by atoms with van der Waals surface area (Å²) in [6, 6.07) is 0. The zero-order valence-corrected chi connectivity index (χ0v) is 10.8. The van der Waals surface area contributed by atoms with E-state index in [1.807, 2.05) is 20.8 Å². The lowest BCUT2D eigenvalue weighted by Crippen LogP contribution is -2.40. The SMILES string of the molecule is CC(C)OCC(C)(N)c1noc(CC2CC2)n1. The van der Waals surface area contributed by atoms with E-state index in [1.54, 1.807) is 0 Å². The Kier molecular flexibility index (Phi) is 3.49. The Morgan fingerprint density at radius 1 is 1.53 bits per heavy atom. The number of nitrogens with zero attached hydrogens (tertiary/aromatic N) is 2. The van der Waals surface area contributed by atoms with E-state index < -0.39 is 5.54 Å². The average Bonchev–Trinajstić information content (AvgIpc) is 2.91. The molecular formula is C12H21N3O2. The highest BCUT2D eigenvalue weighted by molar-refractivity contribution is 5.02. The van der Waals surface area contributed by atoms with Crippen LogP contribution in [0.4, 0.5) is 0 Å². The molecule has 1 fully saturated rings. The Bertz CT molecular complexity index is 370. The molecule has 2 rings (SSSR count). The van der Waals surface area contributed by atoms with Gasteiger partial charge in [-0.05, 0) is 39.5 Å². The van der Waals surface area contributed by atoms with E-state index in [2.05, 4.69) is 10.1 Å². The quantitative estimate of drug-likeness (QED) is 0.816. The van der Waals surface area contributed by atoms with Gasteiger partial charge in [-0.3, -0.25) is 0 Å². The van der Waals surface area contributed by atoms with Gasteiger partial charge < -0.3 is 15.0 Å². The van der Waals surface area contributed by atoms with Gasteiger partial charge in [0.25, 0.3) is 0 Å². The van der Waals surface area contributed by atoms with Gasteiger partial charge in [0.1, 0.15) is 5.54 Å². The standard InChI is InChI=1S/C12H21N3O2/c1-8(2)16-7-12(3,13)11-14-10(17-15-11)6-9-4-5-9/h8-9H,4-7,13H2,1-3H3. The van der Waals surface area contributed by atoms with Gasteiger partial charge in [-0.15, -0.1) is 0 Å². The van der Waals surface area contributed by atoms with Crippen molar-refractivity contribution in [1.82, 2.24) is 10.1 Å². The second-order valence-corrected chi connectivity index (χ2v) is 5.44. The molecule has 1 saturated carbocycles. The molecule has 96 valence electrons. The first-order valence-electron chi connectivity index (χ1n) is 6.21. The van der Waals surface area contributed by atoms with E-state index in [0.717, 1.165) is 12.3 Å². The van der Waals surface area contributed by atoms with Gasteiger partial charge in [0.15, 0.2) is 5.82 Å². The highest BCUT2D eigenvalue weighted by Gasteiger charge is 2.30. The summed E-state index contributed by atoms with van der Waals surface area (Å²) in [5, 5.41) is 3.96. The number of rotatable bonds is 6. The predicted octanol–water partition coefficient (Wildman–Crippen LogP) is 1.62. The summed E-state index contributed by atoms with van der Waals surface area (Å²) in [6.45, 7) is 6.21. The van der Waals surface area contributed by atoms with Gasteiger partial charge in [0.05, 0.1) is 12.7 Å². The Balaban J connectivity index is 1.96. The molecule has 17 heavy (non-hydrogen) atoms. The summed E-state index contributed by atoms with van der Waals surface area (Å²) in [5.74, 6) is 1.97. The van der Waals surface area contributed by atoms with Gasteiger partial charge in [-0.2, -0.15) is 4.98 Å². The second kappa shape index (κ2) is 4.74. The largest absolute Gasteiger partial charge is 0.376 e. The van der Waals surface area contributed by atoms with Crippen LogP contribution in [-0.2, 0) is 16.7 Å². The fourth-order valence-electron chi connectivity index (χ4n) is 1.54. The molecule has 2 N–H and O–H groups in total. The normalized spacial score (nSPS) is 19.6. The molecule has 1 heterocycles. The Hall–Kier alpha value is -0.940. The van der Waals surface area contributed by atoms with Crippen LogP contribution in [0.25, 0.3) is 0 Å². The van der Waals surface area contributed by atoms with Crippen LogP contribution in [0.2, 0.25) is 0 Å². The monoisotopic (exact) mass is 239 g/mol. The molecule has 0 spiro atoms. The van der Waals surface area contributed by atoms with Crippen molar-refractivity contribution in [2.45, 2.75) is 51.7 Å². The molecular weight excluding hydrogens is 218 g/mol. The van der Waals surface area contributed by atoms with Gasteiger partial charge in [-0.25, -0.2) is 0 Å². The topological polar surface area (TPSA) is 74.2 Å². The maximum Gasteiger partial charge on any atom is 0.226 e. The molecule has 0 bridgehead atoms. The molecule has 1 aromatic rings. The third-order valence-corrected chi connectivity index (χ3v) is 2.86. The molecule has 1 aliphatic carbocycles. The second-order valence-electron chi connectivity index (χ2n) is 5.44. The van der Waals surface area contributed by atoms with Gasteiger partial charge in [0, 0.05) is 6.42 Å². The Morgan fingerprint density at radius 2 is 2.24 bits per heavy atom. The first-order valence-corrected chi connectivity index (χ1v) is 6.21. The molecule has 1 unspecified atom stereocenters. The minimum atomic E-state index is -0.685. The summed E-state index contributed by atoms with van der Waals surface area (Å²) < 4.78 is 10.7. The Labute approximate surface area is 102 Å². The summed E-state index contributed by atoms with van der Waals surface area (Å²) in [7, 11) is 0. The Morgan fingerprint density at radius 3 is 2.82 bits per heavy atom.